The number of hydrogen-bond acceptors (Lipinski definition) is 4. The van der Waals surface area contributed by atoms with E-state index in [0.29, 0.717) is 12.2 Å². The first-order valence-electron chi connectivity index (χ1n) is 6.75. The molecule has 19 heavy (non-hydrogen) atoms. The molecule has 0 spiro atoms. The van der Waals surface area contributed by atoms with Crippen LogP contribution in [0, 0.1) is 5.92 Å². The van der Waals surface area contributed by atoms with Gasteiger partial charge in [-0.15, -0.1) is 0 Å². The van der Waals surface area contributed by atoms with Gasteiger partial charge in [0.2, 0.25) is 0 Å². The minimum atomic E-state index is -0.558. The molecule has 0 amide bonds. The van der Waals surface area contributed by atoms with Gasteiger partial charge in [-0.2, -0.15) is 0 Å². The van der Waals surface area contributed by atoms with Gasteiger partial charge in [-0.05, 0) is 19.8 Å². The number of methoxy groups -OCH3 is 1. The second kappa shape index (κ2) is 8.56. The summed E-state index contributed by atoms with van der Waals surface area (Å²) in [4.78, 5) is 11.6. The molecule has 3 atom stereocenters. The Hall–Kier alpha value is -0.580. The van der Waals surface area contributed by atoms with Crippen LogP contribution in [0.15, 0.2) is 23.8 Å². The molecule has 1 heterocycles. The first kappa shape index (κ1) is 16.5. The van der Waals surface area contributed by atoms with Crippen molar-refractivity contribution in [3.05, 3.63) is 23.8 Å². The number of thioether (sulfide) groups is 1. The number of aliphatic hydroxyl groups excluding tert-OH is 1. The molecular weight excluding hydrogens is 260 g/mol. The van der Waals surface area contributed by atoms with Gasteiger partial charge in [-0.1, -0.05) is 42.5 Å². The molecule has 0 aromatic heterocycles. The molecule has 0 aliphatic carbocycles. The SMILES string of the molecule is CO[C@H]1/C=C/CCCC(=O)SC/C(C)=C\[C@@H](C)[C@@H]1O. The van der Waals surface area contributed by atoms with Crippen molar-refractivity contribution < 1.29 is 14.6 Å². The number of allylic oxidation sites excluding steroid dienone is 1. The maximum atomic E-state index is 11.6. The molecular formula is C15H24O3S. The van der Waals surface area contributed by atoms with Gasteiger partial charge in [0.05, 0.1) is 6.10 Å². The fourth-order valence-corrected chi connectivity index (χ4v) is 2.86. The van der Waals surface area contributed by atoms with Crippen LogP contribution in [0.4, 0.5) is 0 Å². The Kier molecular flexibility index (Phi) is 7.42. The zero-order chi connectivity index (χ0) is 14.3. The monoisotopic (exact) mass is 284 g/mol. The summed E-state index contributed by atoms with van der Waals surface area (Å²) in [5.41, 5.74) is 1.13. The van der Waals surface area contributed by atoms with E-state index in [1.807, 2.05) is 32.1 Å². The highest BCUT2D eigenvalue weighted by Gasteiger charge is 2.21. The third-order valence-electron chi connectivity index (χ3n) is 3.23. The van der Waals surface area contributed by atoms with Gasteiger partial charge in [-0.25, -0.2) is 0 Å². The van der Waals surface area contributed by atoms with Gasteiger partial charge in [0.25, 0.3) is 0 Å². The first-order valence-corrected chi connectivity index (χ1v) is 7.73. The topological polar surface area (TPSA) is 46.5 Å². The Morgan fingerprint density at radius 3 is 2.89 bits per heavy atom. The minimum absolute atomic E-state index is 0.00561. The van der Waals surface area contributed by atoms with E-state index in [-0.39, 0.29) is 17.1 Å². The Balaban J connectivity index is 2.82. The fourth-order valence-electron chi connectivity index (χ4n) is 2.09. The number of carbonyl (C=O) groups is 1. The Morgan fingerprint density at radius 2 is 2.21 bits per heavy atom. The van der Waals surface area contributed by atoms with E-state index in [0.717, 1.165) is 18.4 Å². The predicted molar refractivity (Wildman–Crippen MR) is 80.2 cm³/mol. The van der Waals surface area contributed by atoms with Gasteiger partial charge in [0, 0.05) is 25.2 Å². The first-order chi connectivity index (χ1) is 9.04. The highest BCUT2D eigenvalue weighted by molar-refractivity contribution is 8.13. The lowest BCUT2D eigenvalue weighted by atomic mass is 9.97. The fraction of sp³-hybridized carbons (Fsp3) is 0.667. The van der Waals surface area contributed by atoms with E-state index in [2.05, 4.69) is 0 Å². The second-order valence-corrected chi connectivity index (χ2v) is 6.08. The zero-order valence-electron chi connectivity index (χ0n) is 12.0. The molecule has 1 N–H and O–H groups in total. The van der Waals surface area contributed by atoms with Gasteiger partial charge >= 0.3 is 0 Å². The van der Waals surface area contributed by atoms with Crippen LogP contribution >= 0.6 is 11.8 Å². The van der Waals surface area contributed by atoms with Crippen molar-refractivity contribution in [2.45, 2.75) is 45.3 Å². The molecule has 0 unspecified atom stereocenters. The molecule has 0 radical (unpaired) electrons. The van der Waals surface area contributed by atoms with E-state index in [1.165, 1.54) is 11.8 Å². The van der Waals surface area contributed by atoms with Crippen molar-refractivity contribution in [3.8, 4) is 0 Å². The lowest BCUT2D eigenvalue weighted by Gasteiger charge is -2.23. The van der Waals surface area contributed by atoms with Crippen molar-refractivity contribution in [1.29, 1.82) is 0 Å². The van der Waals surface area contributed by atoms with Crippen LogP contribution in [0.1, 0.15) is 33.1 Å². The van der Waals surface area contributed by atoms with E-state index in [1.54, 1.807) is 7.11 Å². The number of aliphatic hydroxyl groups is 1. The lowest BCUT2D eigenvalue weighted by molar-refractivity contribution is -0.111. The maximum Gasteiger partial charge on any atom is 0.189 e. The van der Waals surface area contributed by atoms with Gasteiger partial charge < -0.3 is 9.84 Å². The molecule has 0 aromatic rings. The van der Waals surface area contributed by atoms with Crippen molar-refractivity contribution >= 4 is 16.9 Å². The zero-order valence-corrected chi connectivity index (χ0v) is 12.8. The van der Waals surface area contributed by atoms with Crippen molar-refractivity contribution in [1.82, 2.24) is 0 Å². The van der Waals surface area contributed by atoms with Crippen molar-refractivity contribution in [2.24, 2.45) is 5.92 Å². The number of carbonyl (C=O) groups excluding carboxylic acids is 1. The summed E-state index contributed by atoms with van der Waals surface area (Å²) in [5.74, 6) is 0.715. The molecule has 1 aliphatic heterocycles. The summed E-state index contributed by atoms with van der Waals surface area (Å²) in [6, 6.07) is 0. The average molecular weight is 284 g/mol. The van der Waals surface area contributed by atoms with Gasteiger partial charge in [-0.3, -0.25) is 4.79 Å². The third kappa shape index (κ3) is 5.93. The maximum absolute atomic E-state index is 11.6. The highest BCUT2D eigenvalue weighted by atomic mass is 32.2. The largest absolute Gasteiger partial charge is 0.389 e. The van der Waals surface area contributed by atoms with Crippen LogP contribution in [0.3, 0.4) is 0 Å². The van der Waals surface area contributed by atoms with Crippen LogP contribution < -0.4 is 0 Å². The molecule has 1 aliphatic rings. The van der Waals surface area contributed by atoms with E-state index in [9.17, 15) is 9.90 Å². The molecule has 0 saturated carbocycles. The molecule has 3 nitrogen and oxygen atoms in total. The summed E-state index contributed by atoms with van der Waals surface area (Å²) >= 11 is 1.37. The molecule has 0 aromatic carbocycles. The molecule has 0 bridgehead atoms. The van der Waals surface area contributed by atoms with Gasteiger partial charge in [0.1, 0.15) is 6.10 Å². The minimum Gasteiger partial charge on any atom is -0.389 e. The van der Waals surface area contributed by atoms with Gasteiger partial charge in [0.15, 0.2) is 5.12 Å². The smallest absolute Gasteiger partial charge is 0.189 e. The lowest BCUT2D eigenvalue weighted by Crippen LogP contribution is -2.31. The number of rotatable bonds is 1. The Bertz CT molecular complexity index is 349. The average Bonchev–Trinajstić information content (AvgIpc) is 2.39. The Labute approximate surface area is 120 Å². The summed E-state index contributed by atoms with van der Waals surface area (Å²) in [7, 11) is 1.61. The third-order valence-corrected chi connectivity index (χ3v) is 4.36. The molecule has 108 valence electrons. The van der Waals surface area contributed by atoms with Crippen LogP contribution in [-0.4, -0.2) is 35.3 Å². The van der Waals surface area contributed by atoms with Crippen LogP contribution in [0.5, 0.6) is 0 Å². The number of hydrogen-bond donors (Lipinski definition) is 1. The van der Waals surface area contributed by atoms with E-state index >= 15 is 0 Å². The van der Waals surface area contributed by atoms with Crippen molar-refractivity contribution in [3.63, 3.8) is 0 Å². The summed E-state index contributed by atoms with van der Waals surface area (Å²) in [6.45, 7) is 3.97. The second-order valence-electron chi connectivity index (χ2n) is 5.04. The molecule has 4 heteroatoms. The van der Waals surface area contributed by atoms with E-state index < -0.39 is 6.10 Å². The summed E-state index contributed by atoms with van der Waals surface area (Å²) in [5, 5.41) is 10.5. The molecule has 0 fully saturated rings. The molecule has 0 saturated heterocycles. The van der Waals surface area contributed by atoms with E-state index in [4.69, 9.17) is 4.74 Å². The quantitative estimate of drug-likeness (QED) is 0.752. The normalized spacial score (nSPS) is 35.5. The molecule has 1 rings (SSSR count). The van der Waals surface area contributed by atoms with Crippen LogP contribution in [-0.2, 0) is 9.53 Å². The Morgan fingerprint density at radius 1 is 1.47 bits per heavy atom. The van der Waals surface area contributed by atoms with Crippen molar-refractivity contribution in [2.75, 3.05) is 12.9 Å². The summed E-state index contributed by atoms with van der Waals surface area (Å²) in [6.07, 6.45) is 7.39. The van der Waals surface area contributed by atoms with Crippen LogP contribution in [0.2, 0.25) is 0 Å². The van der Waals surface area contributed by atoms with Crippen LogP contribution in [0.25, 0.3) is 0 Å². The standard InChI is InChI=1S/C15H24O3S/c1-11-9-12(2)15(17)13(18-3)7-5-4-6-8-14(16)19-10-11/h5,7,9,12-13,15,17H,4,6,8,10H2,1-3H3/b7-5+,11-9-/t12-,13+,15+/m1/s1. The summed E-state index contributed by atoms with van der Waals surface area (Å²) < 4.78 is 5.33. The predicted octanol–water partition coefficient (Wildman–Crippen LogP) is 2.94. The number of ether oxygens (including phenoxy) is 1. The highest BCUT2D eigenvalue weighted by Crippen LogP contribution is 2.19.